The van der Waals surface area contributed by atoms with Crippen LogP contribution in [0.25, 0.3) is 0 Å². The summed E-state index contributed by atoms with van der Waals surface area (Å²) < 4.78 is 1.80. The number of hydrogen-bond acceptors (Lipinski definition) is 5. The van der Waals surface area contributed by atoms with E-state index in [1.54, 1.807) is 33.6 Å². The molecule has 5 nitrogen and oxygen atoms in total. The zero-order valence-corrected chi connectivity index (χ0v) is 14.4. The lowest BCUT2D eigenvalue weighted by Crippen LogP contribution is -2.30. The van der Waals surface area contributed by atoms with Gasteiger partial charge in [0.1, 0.15) is 5.01 Å². The Labute approximate surface area is 143 Å². The van der Waals surface area contributed by atoms with Gasteiger partial charge in [0.25, 0.3) is 0 Å². The van der Waals surface area contributed by atoms with E-state index in [9.17, 15) is 4.79 Å². The summed E-state index contributed by atoms with van der Waals surface area (Å²) in [5.74, 6) is 0.0218. The Bertz CT molecular complexity index is 734. The third-order valence-corrected chi connectivity index (χ3v) is 5.07. The third-order valence-electron chi connectivity index (χ3n) is 3.45. The van der Waals surface area contributed by atoms with Gasteiger partial charge in [-0.2, -0.15) is 16.4 Å². The Morgan fingerprint density at radius 1 is 1.39 bits per heavy atom. The maximum absolute atomic E-state index is 12.3. The number of hydrogen-bond donors (Lipinski definition) is 1. The molecule has 3 heterocycles. The van der Waals surface area contributed by atoms with Crippen LogP contribution >= 0.6 is 22.7 Å². The molecule has 1 atom stereocenters. The van der Waals surface area contributed by atoms with Crippen LogP contribution in [0, 0.1) is 6.92 Å². The van der Waals surface area contributed by atoms with Gasteiger partial charge < -0.3 is 5.32 Å². The monoisotopic (exact) mass is 346 g/mol. The summed E-state index contributed by atoms with van der Waals surface area (Å²) >= 11 is 3.24. The van der Waals surface area contributed by atoms with Gasteiger partial charge in [-0.05, 0) is 35.4 Å². The average molecular weight is 346 g/mol. The van der Waals surface area contributed by atoms with E-state index >= 15 is 0 Å². The summed E-state index contributed by atoms with van der Waals surface area (Å²) in [6.07, 6.45) is 4.85. The maximum atomic E-state index is 12.3. The summed E-state index contributed by atoms with van der Waals surface area (Å²) in [7, 11) is 0. The first-order valence-corrected chi connectivity index (χ1v) is 9.23. The molecule has 0 aliphatic rings. The number of thiophene rings is 1. The molecule has 23 heavy (non-hydrogen) atoms. The van der Waals surface area contributed by atoms with Gasteiger partial charge in [0.2, 0.25) is 5.91 Å². The molecule has 120 valence electrons. The van der Waals surface area contributed by atoms with Crippen molar-refractivity contribution >= 4 is 28.6 Å². The molecule has 7 heteroatoms. The highest BCUT2D eigenvalue weighted by molar-refractivity contribution is 7.09. The number of amides is 1. The number of nitrogens with one attached hydrogen (secondary N) is 1. The van der Waals surface area contributed by atoms with Gasteiger partial charge in [0.15, 0.2) is 0 Å². The first-order valence-electron chi connectivity index (χ1n) is 7.40. The highest BCUT2D eigenvalue weighted by atomic mass is 32.1. The van der Waals surface area contributed by atoms with Crippen LogP contribution in [0.3, 0.4) is 0 Å². The summed E-state index contributed by atoms with van der Waals surface area (Å²) in [6, 6.07) is 3.95. The van der Waals surface area contributed by atoms with Crippen molar-refractivity contribution in [1.29, 1.82) is 0 Å². The first-order chi connectivity index (χ1) is 11.2. The van der Waals surface area contributed by atoms with Crippen molar-refractivity contribution in [2.75, 3.05) is 0 Å². The minimum atomic E-state index is -0.0727. The molecule has 0 saturated heterocycles. The topological polar surface area (TPSA) is 59.8 Å². The van der Waals surface area contributed by atoms with Crippen molar-refractivity contribution in [3.05, 3.63) is 56.9 Å². The summed E-state index contributed by atoms with van der Waals surface area (Å²) in [4.78, 5) is 16.6. The van der Waals surface area contributed by atoms with Crippen LogP contribution in [-0.4, -0.2) is 20.7 Å². The van der Waals surface area contributed by atoms with Crippen molar-refractivity contribution in [1.82, 2.24) is 20.1 Å². The molecular weight excluding hydrogens is 328 g/mol. The lowest BCUT2D eigenvalue weighted by molar-refractivity contribution is -0.122. The third kappa shape index (κ3) is 4.49. The van der Waals surface area contributed by atoms with E-state index < -0.39 is 0 Å². The predicted molar refractivity (Wildman–Crippen MR) is 92.6 cm³/mol. The highest BCUT2D eigenvalue weighted by Crippen LogP contribution is 2.22. The molecule has 0 aliphatic carbocycles. The van der Waals surface area contributed by atoms with Gasteiger partial charge >= 0.3 is 0 Å². The first kappa shape index (κ1) is 15.9. The van der Waals surface area contributed by atoms with Gasteiger partial charge in [-0.25, -0.2) is 4.98 Å². The molecular formula is C16H18N4OS2. The second kappa shape index (κ2) is 7.52. The molecule has 0 fully saturated rings. The minimum absolute atomic E-state index is 0.0218. The minimum Gasteiger partial charge on any atom is -0.346 e. The summed E-state index contributed by atoms with van der Waals surface area (Å²) in [5, 5.41) is 14.5. The van der Waals surface area contributed by atoms with E-state index in [2.05, 4.69) is 32.2 Å². The number of carbonyl (C=O) groups is 1. The van der Waals surface area contributed by atoms with E-state index in [4.69, 9.17) is 0 Å². The van der Waals surface area contributed by atoms with Gasteiger partial charge in [-0.3, -0.25) is 9.48 Å². The molecule has 3 aromatic rings. The number of aromatic nitrogens is 3. The zero-order valence-electron chi connectivity index (χ0n) is 12.8. The van der Waals surface area contributed by atoms with Gasteiger partial charge in [0.05, 0.1) is 11.7 Å². The largest absolute Gasteiger partial charge is 0.346 e. The number of nitrogens with zero attached hydrogens (tertiary/aromatic N) is 3. The molecule has 1 N–H and O–H groups in total. The molecule has 0 radical (unpaired) electrons. The van der Waals surface area contributed by atoms with Crippen LogP contribution in [0.15, 0.2) is 40.7 Å². The van der Waals surface area contributed by atoms with Gasteiger partial charge in [-0.15, -0.1) is 11.3 Å². The van der Waals surface area contributed by atoms with E-state index in [-0.39, 0.29) is 11.9 Å². The molecule has 0 aliphatic heterocycles. The van der Waals surface area contributed by atoms with E-state index in [0.29, 0.717) is 13.0 Å². The van der Waals surface area contributed by atoms with Crippen molar-refractivity contribution in [2.45, 2.75) is 32.4 Å². The fourth-order valence-corrected chi connectivity index (χ4v) is 3.69. The van der Waals surface area contributed by atoms with Crippen LogP contribution < -0.4 is 5.32 Å². The predicted octanol–water partition coefficient (Wildman–Crippen LogP) is 3.20. The molecule has 0 spiro atoms. The number of carbonyl (C=O) groups excluding carboxylic acids is 1. The standard InChI is InChI=1S/C16H18N4OS2/c1-12-2-6-20(19-12)7-3-15(21)18-14(16-17-5-9-23-16)10-13-4-8-22-11-13/h2,4-6,8-9,11,14H,3,7,10H2,1H3,(H,18,21)/t14-/m1/s1. The van der Waals surface area contributed by atoms with E-state index in [1.807, 2.05) is 24.6 Å². The molecule has 1 amide bonds. The zero-order chi connectivity index (χ0) is 16.1. The number of aryl methyl sites for hydroxylation is 2. The smallest absolute Gasteiger partial charge is 0.222 e. The average Bonchev–Trinajstić information content (AvgIpc) is 3.27. The Balaban J connectivity index is 1.60. The Kier molecular flexibility index (Phi) is 5.19. The molecule has 0 bridgehead atoms. The van der Waals surface area contributed by atoms with Crippen LogP contribution in [-0.2, 0) is 17.8 Å². The second-order valence-electron chi connectivity index (χ2n) is 5.30. The Morgan fingerprint density at radius 3 is 2.96 bits per heavy atom. The van der Waals surface area contributed by atoms with Crippen LogP contribution in [0.4, 0.5) is 0 Å². The molecule has 0 aromatic carbocycles. The number of thiazole rings is 1. The molecule has 3 aromatic heterocycles. The fourth-order valence-electron chi connectivity index (χ4n) is 2.32. The molecule has 0 saturated carbocycles. The van der Waals surface area contributed by atoms with E-state index in [0.717, 1.165) is 17.1 Å². The van der Waals surface area contributed by atoms with Crippen molar-refractivity contribution < 1.29 is 4.79 Å². The normalized spacial score (nSPS) is 12.2. The Morgan fingerprint density at radius 2 is 2.30 bits per heavy atom. The van der Waals surface area contributed by atoms with Crippen molar-refractivity contribution in [3.63, 3.8) is 0 Å². The SMILES string of the molecule is Cc1ccn(CCC(=O)N[C@H](Cc2ccsc2)c2nccs2)n1. The molecule has 0 unspecified atom stereocenters. The fraction of sp³-hybridized carbons (Fsp3) is 0.312. The maximum Gasteiger partial charge on any atom is 0.222 e. The van der Waals surface area contributed by atoms with Crippen LogP contribution in [0.1, 0.15) is 28.7 Å². The Hall–Kier alpha value is -1.99. The van der Waals surface area contributed by atoms with Crippen LogP contribution in [0.2, 0.25) is 0 Å². The number of rotatable bonds is 7. The van der Waals surface area contributed by atoms with Crippen molar-refractivity contribution in [3.8, 4) is 0 Å². The van der Waals surface area contributed by atoms with Gasteiger partial charge in [0, 0.05) is 37.2 Å². The lowest BCUT2D eigenvalue weighted by atomic mass is 10.1. The summed E-state index contributed by atoms with van der Waals surface area (Å²) in [6.45, 7) is 2.53. The summed E-state index contributed by atoms with van der Waals surface area (Å²) in [5.41, 5.74) is 2.18. The molecule has 3 rings (SSSR count). The lowest BCUT2D eigenvalue weighted by Gasteiger charge is -2.16. The van der Waals surface area contributed by atoms with E-state index in [1.165, 1.54) is 5.56 Å². The quantitative estimate of drug-likeness (QED) is 0.715. The van der Waals surface area contributed by atoms with Crippen LogP contribution in [0.5, 0.6) is 0 Å². The second-order valence-corrected chi connectivity index (χ2v) is 7.00. The highest BCUT2D eigenvalue weighted by Gasteiger charge is 2.18. The van der Waals surface area contributed by atoms with Gasteiger partial charge in [-0.1, -0.05) is 0 Å². The van der Waals surface area contributed by atoms with Crippen molar-refractivity contribution in [2.24, 2.45) is 0 Å².